The zero-order chi connectivity index (χ0) is 15.2. The Balaban J connectivity index is 2.12. The number of hydrogen-bond acceptors (Lipinski definition) is 5. The summed E-state index contributed by atoms with van der Waals surface area (Å²) in [5.41, 5.74) is 1.16. The van der Waals surface area contributed by atoms with Crippen LogP contribution in [0.1, 0.15) is 24.1 Å². The molecule has 1 aromatic carbocycles. The van der Waals surface area contributed by atoms with Crippen LogP contribution in [0.5, 0.6) is 11.5 Å². The van der Waals surface area contributed by atoms with Crippen LogP contribution in [0.3, 0.4) is 0 Å². The van der Waals surface area contributed by atoms with E-state index < -0.39 is 0 Å². The second kappa shape index (κ2) is 7.08. The number of aromatic nitrogens is 3. The molecule has 0 atom stereocenters. The average molecular weight is 290 g/mol. The standard InChI is InChI=1S/C15H22N4O2/c1-5-20-14-8-12(9-16-3)6-7-13(14)21-10-15-18-17-11(2)19(15)4/h6-8,16H,5,9-10H2,1-4H3. The fourth-order valence-electron chi connectivity index (χ4n) is 1.97. The van der Waals surface area contributed by atoms with Crippen LogP contribution >= 0.6 is 0 Å². The highest BCUT2D eigenvalue weighted by molar-refractivity contribution is 5.43. The number of hydrogen-bond donors (Lipinski definition) is 1. The molecule has 0 saturated carbocycles. The highest BCUT2D eigenvalue weighted by atomic mass is 16.5. The van der Waals surface area contributed by atoms with E-state index in [4.69, 9.17) is 9.47 Å². The molecular weight excluding hydrogens is 268 g/mol. The van der Waals surface area contributed by atoms with Gasteiger partial charge in [0.1, 0.15) is 12.4 Å². The van der Waals surface area contributed by atoms with Crippen LogP contribution in [-0.4, -0.2) is 28.4 Å². The van der Waals surface area contributed by atoms with Gasteiger partial charge in [-0.25, -0.2) is 0 Å². The molecule has 2 rings (SSSR count). The molecule has 2 aromatic rings. The van der Waals surface area contributed by atoms with Gasteiger partial charge in [0.2, 0.25) is 0 Å². The Labute approximate surface area is 125 Å². The van der Waals surface area contributed by atoms with Gasteiger partial charge >= 0.3 is 0 Å². The molecule has 0 bridgehead atoms. The van der Waals surface area contributed by atoms with Crippen molar-refractivity contribution in [1.82, 2.24) is 20.1 Å². The summed E-state index contributed by atoms with van der Waals surface area (Å²) >= 11 is 0. The van der Waals surface area contributed by atoms with Gasteiger partial charge in [-0.05, 0) is 38.6 Å². The van der Waals surface area contributed by atoms with Gasteiger partial charge in [-0.1, -0.05) is 6.07 Å². The SMILES string of the molecule is CCOc1cc(CNC)ccc1OCc1nnc(C)n1C. The molecule has 0 unspecified atom stereocenters. The maximum atomic E-state index is 5.83. The van der Waals surface area contributed by atoms with Gasteiger partial charge < -0.3 is 19.4 Å². The molecule has 21 heavy (non-hydrogen) atoms. The van der Waals surface area contributed by atoms with Crippen molar-refractivity contribution >= 4 is 0 Å². The second-order valence-corrected chi connectivity index (χ2v) is 4.76. The topological polar surface area (TPSA) is 61.2 Å². The molecule has 0 aliphatic rings. The molecule has 1 N–H and O–H groups in total. The number of nitrogens with one attached hydrogen (secondary N) is 1. The summed E-state index contributed by atoms with van der Waals surface area (Å²) in [5, 5.41) is 11.2. The Morgan fingerprint density at radius 2 is 2.00 bits per heavy atom. The highest BCUT2D eigenvalue weighted by Gasteiger charge is 2.10. The van der Waals surface area contributed by atoms with Gasteiger partial charge in [-0.3, -0.25) is 0 Å². The molecule has 0 aliphatic heterocycles. The lowest BCUT2D eigenvalue weighted by Gasteiger charge is -2.13. The predicted molar refractivity (Wildman–Crippen MR) is 80.4 cm³/mol. The number of aryl methyl sites for hydroxylation is 1. The number of rotatable bonds is 7. The fourth-order valence-corrected chi connectivity index (χ4v) is 1.97. The minimum atomic E-state index is 0.364. The molecule has 1 aromatic heterocycles. The summed E-state index contributed by atoms with van der Waals surface area (Å²) in [4.78, 5) is 0. The second-order valence-electron chi connectivity index (χ2n) is 4.76. The number of nitrogens with zero attached hydrogens (tertiary/aromatic N) is 3. The van der Waals surface area contributed by atoms with Crippen molar-refractivity contribution in [2.24, 2.45) is 7.05 Å². The molecule has 0 amide bonds. The fraction of sp³-hybridized carbons (Fsp3) is 0.467. The first-order chi connectivity index (χ1) is 10.2. The molecule has 1 heterocycles. The van der Waals surface area contributed by atoms with E-state index in [9.17, 15) is 0 Å². The predicted octanol–water partition coefficient (Wildman–Crippen LogP) is 1.82. The Hall–Kier alpha value is -2.08. The lowest BCUT2D eigenvalue weighted by Crippen LogP contribution is -2.07. The third kappa shape index (κ3) is 3.72. The first-order valence-corrected chi connectivity index (χ1v) is 7.03. The van der Waals surface area contributed by atoms with E-state index in [0.29, 0.717) is 13.2 Å². The van der Waals surface area contributed by atoms with Crippen molar-refractivity contribution in [3.8, 4) is 11.5 Å². The number of benzene rings is 1. The molecule has 0 saturated heterocycles. The zero-order valence-corrected chi connectivity index (χ0v) is 13.0. The molecule has 0 fully saturated rings. The van der Waals surface area contributed by atoms with Gasteiger partial charge in [0.05, 0.1) is 6.61 Å². The molecule has 6 heteroatoms. The minimum Gasteiger partial charge on any atom is -0.490 e. The van der Waals surface area contributed by atoms with Crippen LogP contribution in [0.4, 0.5) is 0 Å². The first kappa shape index (κ1) is 15.3. The maximum absolute atomic E-state index is 5.83. The first-order valence-electron chi connectivity index (χ1n) is 7.03. The molecule has 0 aliphatic carbocycles. The summed E-state index contributed by atoms with van der Waals surface area (Å²) in [7, 11) is 3.84. The molecule has 0 spiro atoms. The Kier molecular flexibility index (Phi) is 5.16. The van der Waals surface area contributed by atoms with Gasteiger partial charge in [0.15, 0.2) is 17.3 Å². The Morgan fingerprint density at radius 1 is 1.19 bits per heavy atom. The minimum absolute atomic E-state index is 0.364. The van der Waals surface area contributed by atoms with Crippen LogP contribution in [0, 0.1) is 6.92 Å². The van der Waals surface area contributed by atoms with Crippen LogP contribution < -0.4 is 14.8 Å². The Bertz CT molecular complexity index is 595. The Morgan fingerprint density at radius 3 is 2.62 bits per heavy atom. The summed E-state index contributed by atoms with van der Waals surface area (Å²) in [5.74, 6) is 3.12. The monoisotopic (exact) mass is 290 g/mol. The third-order valence-electron chi connectivity index (χ3n) is 3.23. The smallest absolute Gasteiger partial charge is 0.170 e. The van der Waals surface area contributed by atoms with Crippen molar-refractivity contribution in [2.75, 3.05) is 13.7 Å². The number of ether oxygens (including phenoxy) is 2. The quantitative estimate of drug-likeness (QED) is 0.843. The van der Waals surface area contributed by atoms with Gasteiger partial charge in [-0.2, -0.15) is 0 Å². The maximum Gasteiger partial charge on any atom is 0.170 e. The van der Waals surface area contributed by atoms with E-state index in [1.54, 1.807) is 0 Å². The summed E-state index contributed by atoms with van der Waals surface area (Å²) in [6, 6.07) is 5.95. The van der Waals surface area contributed by atoms with Crippen molar-refractivity contribution in [1.29, 1.82) is 0 Å². The molecular formula is C15H22N4O2. The lowest BCUT2D eigenvalue weighted by atomic mass is 10.2. The van der Waals surface area contributed by atoms with Crippen molar-refractivity contribution in [3.05, 3.63) is 35.4 Å². The van der Waals surface area contributed by atoms with Crippen LogP contribution in [0.15, 0.2) is 18.2 Å². The van der Waals surface area contributed by atoms with E-state index in [1.165, 1.54) is 0 Å². The van der Waals surface area contributed by atoms with E-state index in [1.807, 2.05) is 50.7 Å². The van der Waals surface area contributed by atoms with Crippen LogP contribution in [-0.2, 0) is 20.2 Å². The van der Waals surface area contributed by atoms with Crippen LogP contribution in [0.25, 0.3) is 0 Å². The summed E-state index contributed by atoms with van der Waals surface area (Å²) in [6.45, 7) is 5.63. The van der Waals surface area contributed by atoms with Crippen molar-refractivity contribution in [3.63, 3.8) is 0 Å². The van der Waals surface area contributed by atoms with Gasteiger partial charge in [0, 0.05) is 13.6 Å². The van der Waals surface area contributed by atoms with E-state index in [0.717, 1.165) is 35.3 Å². The van der Waals surface area contributed by atoms with E-state index in [2.05, 4.69) is 15.5 Å². The van der Waals surface area contributed by atoms with Crippen molar-refractivity contribution < 1.29 is 9.47 Å². The largest absolute Gasteiger partial charge is 0.490 e. The molecule has 6 nitrogen and oxygen atoms in total. The van der Waals surface area contributed by atoms with Gasteiger partial charge in [0.25, 0.3) is 0 Å². The lowest BCUT2D eigenvalue weighted by molar-refractivity contribution is 0.260. The molecule has 0 radical (unpaired) electrons. The van der Waals surface area contributed by atoms with Crippen molar-refractivity contribution in [2.45, 2.75) is 27.0 Å². The van der Waals surface area contributed by atoms with E-state index >= 15 is 0 Å². The average Bonchev–Trinajstić information content (AvgIpc) is 2.79. The third-order valence-corrected chi connectivity index (χ3v) is 3.23. The summed E-state index contributed by atoms with van der Waals surface area (Å²) < 4.78 is 13.4. The van der Waals surface area contributed by atoms with Gasteiger partial charge in [-0.15, -0.1) is 10.2 Å². The van der Waals surface area contributed by atoms with E-state index in [-0.39, 0.29) is 0 Å². The normalized spacial score (nSPS) is 10.7. The molecule has 114 valence electrons. The van der Waals surface area contributed by atoms with Crippen LogP contribution in [0.2, 0.25) is 0 Å². The zero-order valence-electron chi connectivity index (χ0n) is 13.0. The summed E-state index contributed by atoms with van der Waals surface area (Å²) in [6.07, 6.45) is 0. The highest BCUT2D eigenvalue weighted by Crippen LogP contribution is 2.29.